The van der Waals surface area contributed by atoms with E-state index in [-0.39, 0.29) is 16.5 Å². The fourth-order valence-electron chi connectivity index (χ4n) is 4.41. The molecule has 1 aromatic heterocycles. The number of ketones is 1. The van der Waals surface area contributed by atoms with Crippen LogP contribution in [0.4, 0.5) is 5.13 Å². The Hall–Kier alpha value is -4.15. The lowest BCUT2D eigenvalue weighted by Gasteiger charge is -2.23. The molecule has 1 amide bonds. The molecular formula is C30H27N3O5S2. The van der Waals surface area contributed by atoms with Crippen LogP contribution < -0.4 is 14.4 Å². The molecule has 1 saturated heterocycles. The number of Topliss-reactive ketones (excluding diaryl/α,β-unsaturated/α-hetero) is 1. The third kappa shape index (κ3) is 5.59. The summed E-state index contributed by atoms with van der Waals surface area (Å²) in [4.78, 5) is 28.3. The summed E-state index contributed by atoms with van der Waals surface area (Å²) in [5.41, 5.74) is 2.09. The minimum absolute atomic E-state index is 0.0310. The maximum absolute atomic E-state index is 13.5. The first-order chi connectivity index (χ1) is 19.5. The number of benzene rings is 3. The molecule has 3 aromatic carbocycles. The van der Waals surface area contributed by atoms with Gasteiger partial charge in [0.15, 0.2) is 15.8 Å². The Balaban J connectivity index is 1.58. The summed E-state index contributed by atoms with van der Waals surface area (Å²) < 4.78 is 12.2. The van der Waals surface area contributed by atoms with Crippen molar-refractivity contribution in [1.29, 1.82) is 0 Å². The van der Waals surface area contributed by atoms with Crippen molar-refractivity contribution in [2.75, 3.05) is 18.1 Å². The first kappa shape index (κ1) is 27.4. The van der Waals surface area contributed by atoms with Gasteiger partial charge in [0.25, 0.3) is 5.78 Å². The molecular weight excluding hydrogens is 546 g/mol. The first-order valence-electron chi connectivity index (χ1n) is 12.8. The van der Waals surface area contributed by atoms with Crippen LogP contribution in [0.3, 0.4) is 0 Å². The van der Waals surface area contributed by atoms with Crippen LogP contribution in [0.5, 0.6) is 11.5 Å². The molecule has 1 N–H and O–H groups in total. The smallest absolute Gasteiger partial charge is 0.301 e. The Labute approximate surface area is 240 Å². The van der Waals surface area contributed by atoms with Gasteiger partial charge in [0, 0.05) is 11.3 Å². The van der Waals surface area contributed by atoms with Gasteiger partial charge in [-0.1, -0.05) is 89.8 Å². The van der Waals surface area contributed by atoms with Crippen molar-refractivity contribution in [3.05, 3.63) is 101 Å². The summed E-state index contributed by atoms with van der Waals surface area (Å²) in [6.07, 6.45) is 0. The second-order valence-corrected chi connectivity index (χ2v) is 10.9. The molecule has 5 rings (SSSR count). The van der Waals surface area contributed by atoms with Gasteiger partial charge in [-0.3, -0.25) is 14.5 Å². The summed E-state index contributed by atoms with van der Waals surface area (Å²) in [6, 6.07) is 23.0. The fourth-order valence-corrected chi connectivity index (χ4v) is 6.24. The van der Waals surface area contributed by atoms with Crippen molar-refractivity contribution >= 4 is 45.7 Å². The minimum Gasteiger partial charge on any atom is -0.507 e. The number of thioether (sulfide) groups is 1. The van der Waals surface area contributed by atoms with Crippen LogP contribution in [0.15, 0.2) is 88.8 Å². The average Bonchev–Trinajstić information content (AvgIpc) is 3.55. The summed E-state index contributed by atoms with van der Waals surface area (Å²) >= 11 is 2.72. The fraction of sp³-hybridized carbons (Fsp3) is 0.200. The molecule has 0 aliphatic carbocycles. The van der Waals surface area contributed by atoms with Gasteiger partial charge in [-0.05, 0) is 37.1 Å². The van der Waals surface area contributed by atoms with Crippen molar-refractivity contribution in [2.24, 2.45) is 0 Å². The molecule has 4 aromatic rings. The zero-order chi connectivity index (χ0) is 28.1. The Morgan fingerprint density at radius 3 is 2.30 bits per heavy atom. The highest BCUT2D eigenvalue weighted by Crippen LogP contribution is 2.45. The summed E-state index contributed by atoms with van der Waals surface area (Å²) in [7, 11) is 0. The molecule has 40 heavy (non-hydrogen) atoms. The number of carbonyl (C=O) groups is 2. The van der Waals surface area contributed by atoms with Crippen molar-refractivity contribution in [2.45, 2.75) is 30.0 Å². The van der Waals surface area contributed by atoms with E-state index in [0.29, 0.717) is 45.9 Å². The molecule has 1 aliphatic rings. The maximum atomic E-state index is 13.5. The van der Waals surface area contributed by atoms with E-state index in [0.717, 1.165) is 5.56 Å². The highest BCUT2D eigenvalue weighted by molar-refractivity contribution is 8.00. The normalized spacial score (nSPS) is 16.4. The van der Waals surface area contributed by atoms with Crippen LogP contribution in [0.1, 0.15) is 36.6 Å². The summed E-state index contributed by atoms with van der Waals surface area (Å²) in [5, 5.41) is 20.1. The lowest BCUT2D eigenvalue weighted by atomic mass is 9.95. The molecule has 0 spiro atoms. The predicted molar refractivity (Wildman–Crippen MR) is 156 cm³/mol. The molecule has 0 saturated carbocycles. The van der Waals surface area contributed by atoms with E-state index >= 15 is 0 Å². The van der Waals surface area contributed by atoms with Gasteiger partial charge in [-0.15, -0.1) is 10.2 Å². The summed E-state index contributed by atoms with van der Waals surface area (Å²) in [6.45, 7) is 4.58. The van der Waals surface area contributed by atoms with Gasteiger partial charge < -0.3 is 14.6 Å². The van der Waals surface area contributed by atoms with Gasteiger partial charge in [0.1, 0.15) is 5.76 Å². The largest absolute Gasteiger partial charge is 0.507 e. The average molecular weight is 574 g/mol. The lowest BCUT2D eigenvalue weighted by molar-refractivity contribution is -0.132. The highest BCUT2D eigenvalue weighted by Gasteiger charge is 2.48. The van der Waals surface area contributed by atoms with Crippen molar-refractivity contribution < 1.29 is 24.2 Å². The van der Waals surface area contributed by atoms with Crippen molar-refractivity contribution in [3.63, 3.8) is 0 Å². The monoisotopic (exact) mass is 573 g/mol. The molecule has 1 aliphatic heterocycles. The number of hydrogen-bond acceptors (Lipinski definition) is 9. The molecule has 8 nitrogen and oxygen atoms in total. The number of hydrogen-bond donors (Lipinski definition) is 1. The number of anilines is 1. The minimum atomic E-state index is -0.949. The topological polar surface area (TPSA) is 102 Å². The quantitative estimate of drug-likeness (QED) is 0.0781. The number of nitrogens with zero attached hydrogens (tertiary/aromatic N) is 3. The maximum Gasteiger partial charge on any atom is 0.301 e. The Kier molecular flexibility index (Phi) is 8.47. The standard InChI is InChI=1S/C30H27N3O5S2/c1-3-37-22-16-15-21(17-23(22)38-4-2)25-24(26(34)20-13-9-6-10-14-20)27(35)28(36)33(25)29-31-32-30(40-29)39-18-19-11-7-5-8-12-19/h5-17,25,34H,3-4,18H2,1-2H3/b26-24+. The number of amides is 1. The van der Waals surface area contributed by atoms with E-state index in [1.807, 2.05) is 50.2 Å². The zero-order valence-electron chi connectivity index (χ0n) is 21.9. The SMILES string of the molecule is CCOc1ccc(C2/C(=C(\O)c3ccccc3)C(=O)C(=O)N2c2nnc(SCc3ccccc3)s2)cc1OCC. The molecule has 0 radical (unpaired) electrons. The molecule has 1 atom stereocenters. The van der Waals surface area contributed by atoms with Crippen LogP contribution in [0, 0.1) is 0 Å². The van der Waals surface area contributed by atoms with Crippen LogP contribution in [0.2, 0.25) is 0 Å². The molecule has 2 heterocycles. The number of carbonyl (C=O) groups excluding carboxylic acids is 2. The summed E-state index contributed by atoms with van der Waals surface area (Å²) in [5.74, 6) is -0.145. The van der Waals surface area contributed by atoms with Gasteiger partial charge in [0.05, 0.1) is 24.8 Å². The predicted octanol–water partition coefficient (Wildman–Crippen LogP) is 6.25. The third-order valence-electron chi connectivity index (χ3n) is 6.18. The third-order valence-corrected chi connectivity index (χ3v) is 8.31. The van der Waals surface area contributed by atoms with E-state index in [4.69, 9.17) is 9.47 Å². The van der Waals surface area contributed by atoms with Crippen molar-refractivity contribution in [3.8, 4) is 11.5 Å². The van der Waals surface area contributed by atoms with Crippen LogP contribution in [-0.4, -0.2) is 40.2 Å². The van der Waals surface area contributed by atoms with E-state index in [1.54, 1.807) is 42.5 Å². The molecule has 1 fully saturated rings. The molecule has 10 heteroatoms. The van der Waals surface area contributed by atoms with E-state index in [2.05, 4.69) is 10.2 Å². The van der Waals surface area contributed by atoms with Gasteiger partial charge >= 0.3 is 5.91 Å². The molecule has 1 unspecified atom stereocenters. The van der Waals surface area contributed by atoms with Crippen LogP contribution in [-0.2, 0) is 15.3 Å². The Morgan fingerprint density at radius 2 is 1.60 bits per heavy atom. The van der Waals surface area contributed by atoms with Gasteiger partial charge in [-0.2, -0.15) is 0 Å². The van der Waals surface area contributed by atoms with Crippen LogP contribution in [0.25, 0.3) is 5.76 Å². The Morgan fingerprint density at radius 1 is 0.925 bits per heavy atom. The molecule has 204 valence electrons. The van der Waals surface area contributed by atoms with Gasteiger partial charge in [0.2, 0.25) is 5.13 Å². The van der Waals surface area contributed by atoms with E-state index in [1.165, 1.54) is 28.0 Å². The number of aliphatic hydroxyl groups excluding tert-OH is 1. The zero-order valence-corrected chi connectivity index (χ0v) is 23.6. The van der Waals surface area contributed by atoms with Crippen LogP contribution >= 0.6 is 23.1 Å². The number of ether oxygens (including phenoxy) is 2. The van der Waals surface area contributed by atoms with E-state index < -0.39 is 17.7 Å². The number of rotatable bonds is 10. The highest BCUT2D eigenvalue weighted by atomic mass is 32.2. The van der Waals surface area contributed by atoms with Crippen molar-refractivity contribution in [1.82, 2.24) is 10.2 Å². The Bertz CT molecular complexity index is 1540. The number of aliphatic hydroxyl groups is 1. The first-order valence-corrected chi connectivity index (χ1v) is 14.6. The lowest BCUT2D eigenvalue weighted by Crippen LogP contribution is -2.29. The second-order valence-electron chi connectivity index (χ2n) is 8.73. The van der Waals surface area contributed by atoms with Gasteiger partial charge in [-0.25, -0.2) is 0 Å². The molecule has 0 bridgehead atoms. The van der Waals surface area contributed by atoms with E-state index in [9.17, 15) is 14.7 Å². The second kappa shape index (κ2) is 12.4. The number of aromatic nitrogens is 2.